The van der Waals surface area contributed by atoms with Gasteiger partial charge in [-0.05, 0) is 18.9 Å². The molecule has 0 unspecified atom stereocenters. The second-order valence-corrected chi connectivity index (χ2v) is 8.00. The van der Waals surface area contributed by atoms with Crippen molar-refractivity contribution >= 4 is 17.9 Å². The zero-order chi connectivity index (χ0) is 21.6. The third-order valence-electron chi connectivity index (χ3n) is 4.70. The highest BCUT2D eigenvalue weighted by Crippen LogP contribution is 2.24. The van der Waals surface area contributed by atoms with Crippen LogP contribution in [-0.4, -0.2) is 48.8 Å². The number of nitrogens with one attached hydrogen (secondary N) is 1. The van der Waals surface area contributed by atoms with Gasteiger partial charge in [-0.1, -0.05) is 58.0 Å². The molecule has 0 aromatic heterocycles. The van der Waals surface area contributed by atoms with Gasteiger partial charge in [-0.25, -0.2) is 0 Å². The van der Waals surface area contributed by atoms with E-state index in [4.69, 9.17) is 14.2 Å². The highest BCUT2D eigenvalue weighted by atomic mass is 16.6. The van der Waals surface area contributed by atoms with Crippen molar-refractivity contribution in [3.63, 3.8) is 0 Å². The molecule has 1 N–H and O–H groups in total. The van der Waals surface area contributed by atoms with Gasteiger partial charge in [0.1, 0.15) is 24.7 Å². The van der Waals surface area contributed by atoms with Crippen LogP contribution in [0.5, 0.6) is 0 Å². The van der Waals surface area contributed by atoms with Crippen molar-refractivity contribution in [3.8, 4) is 0 Å². The van der Waals surface area contributed by atoms with Gasteiger partial charge < -0.3 is 14.2 Å². The highest BCUT2D eigenvalue weighted by molar-refractivity contribution is 5.79. The van der Waals surface area contributed by atoms with Crippen LogP contribution in [0.15, 0.2) is 30.3 Å². The molecule has 7 heteroatoms. The Hall–Kier alpha value is -2.41. The lowest BCUT2D eigenvalue weighted by Crippen LogP contribution is -2.46. The van der Waals surface area contributed by atoms with Crippen LogP contribution in [0, 0.1) is 11.8 Å². The highest BCUT2D eigenvalue weighted by Gasteiger charge is 2.41. The van der Waals surface area contributed by atoms with Gasteiger partial charge in [0.05, 0.1) is 5.92 Å². The van der Waals surface area contributed by atoms with Gasteiger partial charge in [0.2, 0.25) is 0 Å². The Morgan fingerprint density at radius 1 is 1.14 bits per heavy atom. The fraction of sp³-hybridized carbons (Fsp3) is 0.591. The monoisotopic (exact) mass is 405 g/mol. The van der Waals surface area contributed by atoms with Gasteiger partial charge in [0.15, 0.2) is 6.10 Å². The van der Waals surface area contributed by atoms with Gasteiger partial charge in [-0.15, -0.1) is 0 Å². The van der Waals surface area contributed by atoms with Gasteiger partial charge in [0.25, 0.3) is 0 Å². The smallest absolute Gasteiger partial charge is 0.327 e. The second kappa shape index (κ2) is 10.4. The van der Waals surface area contributed by atoms with E-state index < -0.39 is 42.1 Å². The zero-order valence-corrected chi connectivity index (χ0v) is 17.7. The lowest BCUT2D eigenvalue weighted by Gasteiger charge is -2.29. The first-order valence-electron chi connectivity index (χ1n) is 10.1. The van der Waals surface area contributed by atoms with Crippen molar-refractivity contribution in [3.05, 3.63) is 35.9 Å². The van der Waals surface area contributed by atoms with Crippen LogP contribution in [0.25, 0.3) is 0 Å². The van der Waals surface area contributed by atoms with E-state index in [2.05, 4.69) is 5.32 Å². The Morgan fingerprint density at radius 2 is 1.79 bits per heavy atom. The van der Waals surface area contributed by atoms with Crippen molar-refractivity contribution in [1.82, 2.24) is 5.32 Å². The maximum Gasteiger partial charge on any atom is 0.327 e. The summed E-state index contributed by atoms with van der Waals surface area (Å²) >= 11 is 0. The minimum absolute atomic E-state index is 0.00278. The van der Waals surface area contributed by atoms with E-state index in [1.807, 2.05) is 44.2 Å². The van der Waals surface area contributed by atoms with Crippen LogP contribution in [-0.2, 0) is 35.0 Å². The molecule has 0 bridgehead atoms. The summed E-state index contributed by atoms with van der Waals surface area (Å²) in [7, 11) is 0. The first-order chi connectivity index (χ1) is 13.7. The summed E-state index contributed by atoms with van der Waals surface area (Å²) in [5.41, 5.74) is 0.898. The molecule has 1 aliphatic rings. The van der Waals surface area contributed by atoms with E-state index in [0.29, 0.717) is 6.42 Å². The van der Waals surface area contributed by atoms with E-state index in [1.165, 1.54) is 0 Å². The van der Waals surface area contributed by atoms with E-state index in [1.54, 1.807) is 20.8 Å². The quantitative estimate of drug-likeness (QED) is 0.573. The summed E-state index contributed by atoms with van der Waals surface area (Å²) in [6.07, 6.45) is -1.44. The minimum atomic E-state index is -0.945. The van der Waals surface area contributed by atoms with E-state index in [0.717, 1.165) is 5.56 Å². The average Bonchev–Trinajstić information content (AvgIpc) is 2.70. The van der Waals surface area contributed by atoms with Crippen LogP contribution in [0.2, 0.25) is 0 Å². The lowest BCUT2D eigenvalue weighted by molar-refractivity contribution is -0.176. The van der Waals surface area contributed by atoms with Crippen molar-refractivity contribution in [2.24, 2.45) is 11.8 Å². The summed E-state index contributed by atoms with van der Waals surface area (Å²) < 4.78 is 16.7. The predicted molar refractivity (Wildman–Crippen MR) is 107 cm³/mol. The van der Waals surface area contributed by atoms with E-state index in [-0.39, 0.29) is 18.6 Å². The molecule has 1 aromatic rings. The second-order valence-electron chi connectivity index (χ2n) is 8.00. The molecule has 2 rings (SSSR count). The van der Waals surface area contributed by atoms with Crippen LogP contribution in [0.4, 0.5) is 0 Å². The van der Waals surface area contributed by atoms with Crippen LogP contribution in [0.3, 0.4) is 0 Å². The van der Waals surface area contributed by atoms with Crippen molar-refractivity contribution in [2.75, 3.05) is 6.61 Å². The van der Waals surface area contributed by atoms with Crippen molar-refractivity contribution in [1.29, 1.82) is 0 Å². The normalized spacial score (nSPS) is 25.6. The number of hydrogen-bond acceptors (Lipinski definition) is 7. The zero-order valence-electron chi connectivity index (χ0n) is 17.7. The van der Waals surface area contributed by atoms with Crippen LogP contribution < -0.4 is 5.32 Å². The molecule has 1 aromatic carbocycles. The third-order valence-corrected chi connectivity index (χ3v) is 4.70. The Labute approximate surface area is 172 Å². The topological polar surface area (TPSA) is 90.9 Å². The van der Waals surface area contributed by atoms with Gasteiger partial charge in [-0.3, -0.25) is 19.7 Å². The first kappa shape index (κ1) is 22.9. The van der Waals surface area contributed by atoms with Crippen molar-refractivity contribution in [2.45, 2.75) is 65.3 Å². The fourth-order valence-corrected chi connectivity index (χ4v) is 3.17. The maximum absolute atomic E-state index is 13.0. The molecule has 1 heterocycles. The Bertz CT molecular complexity index is 703. The number of hydrogen-bond donors (Lipinski definition) is 1. The molecular formula is C22H31NO6. The maximum atomic E-state index is 13.0. The predicted octanol–water partition coefficient (Wildman–Crippen LogP) is 2.27. The lowest BCUT2D eigenvalue weighted by atomic mass is 9.91. The SMILES string of the molecule is CC(C)N[C@H]1COC(=O)[C@H](Cc2ccccc2)[C@@H](OC(=O)C(C)C)[C@H](C)OC1=O. The Balaban J connectivity index is 2.34. The summed E-state index contributed by atoms with van der Waals surface area (Å²) in [5, 5.41) is 3.05. The molecule has 1 fully saturated rings. The van der Waals surface area contributed by atoms with Gasteiger partial charge in [-0.2, -0.15) is 0 Å². The molecule has 7 nitrogen and oxygen atoms in total. The summed E-state index contributed by atoms with van der Waals surface area (Å²) in [6.45, 7) is 8.69. The number of esters is 3. The number of cyclic esters (lactones) is 2. The number of rotatable bonds is 6. The minimum Gasteiger partial charge on any atom is -0.463 e. The Morgan fingerprint density at radius 3 is 2.38 bits per heavy atom. The van der Waals surface area contributed by atoms with Gasteiger partial charge in [0, 0.05) is 6.04 Å². The Kier molecular flexibility index (Phi) is 8.20. The molecule has 0 spiro atoms. The van der Waals surface area contributed by atoms with Crippen molar-refractivity contribution < 1.29 is 28.6 Å². The molecule has 0 aliphatic carbocycles. The third kappa shape index (κ3) is 6.56. The fourth-order valence-electron chi connectivity index (χ4n) is 3.17. The molecule has 160 valence electrons. The molecule has 0 amide bonds. The summed E-state index contributed by atoms with van der Waals surface area (Å²) in [4.78, 5) is 37.9. The molecule has 29 heavy (non-hydrogen) atoms. The van der Waals surface area contributed by atoms with Gasteiger partial charge >= 0.3 is 17.9 Å². The number of carbonyl (C=O) groups excluding carboxylic acids is 3. The number of benzene rings is 1. The standard InChI is InChI=1S/C22H31NO6/c1-13(2)20(24)29-19-15(5)28-22(26)18(23-14(3)4)12-27-21(25)17(19)11-16-9-7-6-8-10-16/h6-10,13-15,17-19,23H,11-12H2,1-5H3/t15-,17+,18-,19-/m0/s1. The van der Waals surface area contributed by atoms with Crippen LogP contribution in [0.1, 0.15) is 40.2 Å². The average molecular weight is 405 g/mol. The number of carbonyl (C=O) groups is 3. The molecule has 4 atom stereocenters. The summed E-state index contributed by atoms with van der Waals surface area (Å²) in [5.74, 6) is -2.68. The molecule has 0 radical (unpaired) electrons. The summed E-state index contributed by atoms with van der Waals surface area (Å²) in [6, 6.07) is 8.62. The number of ether oxygens (including phenoxy) is 3. The largest absolute Gasteiger partial charge is 0.463 e. The van der Waals surface area contributed by atoms with E-state index >= 15 is 0 Å². The van der Waals surface area contributed by atoms with Crippen LogP contribution >= 0.6 is 0 Å². The molecular weight excluding hydrogens is 374 g/mol. The first-order valence-corrected chi connectivity index (χ1v) is 10.1. The molecule has 1 saturated heterocycles. The molecule has 0 saturated carbocycles. The van der Waals surface area contributed by atoms with E-state index in [9.17, 15) is 14.4 Å². The molecule has 1 aliphatic heterocycles.